The molecule has 0 bridgehead atoms. The summed E-state index contributed by atoms with van der Waals surface area (Å²) in [7, 11) is 0. The van der Waals surface area contributed by atoms with Crippen LogP contribution in [0.2, 0.25) is 0 Å². The van der Waals surface area contributed by atoms with Crippen LogP contribution in [0.1, 0.15) is 34.1 Å². The summed E-state index contributed by atoms with van der Waals surface area (Å²) in [6.07, 6.45) is 0.116. The van der Waals surface area contributed by atoms with Crippen molar-refractivity contribution in [3.05, 3.63) is 0 Å². The summed E-state index contributed by atoms with van der Waals surface area (Å²) in [6, 6.07) is 0.597. The van der Waals surface area contributed by atoms with Crippen molar-refractivity contribution >= 4 is 0 Å². The zero-order valence-corrected chi connectivity index (χ0v) is 9.86. The van der Waals surface area contributed by atoms with Crippen molar-refractivity contribution in [2.75, 3.05) is 0 Å². The topological polar surface area (TPSA) is 50.7 Å². The number of ether oxygens (including phenoxy) is 2. The number of fused-ring (bicyclic) bond motifs is 1. The molecule has 0 amide bonds. The van der Waals surface area contributed by atoms with Gasteiger partial charge in [0.1, 0.15) is 12.2 Å². The van der Waals surface area contributed by atoms with E-state index < -0.39 is 11.9 Å². The van der Waals surface area contributed by atoms with Crippen molar-refractivity contribution in [3.8, 4) is 0 Å². The fourth-order valence-electron chi connectivity index (χ4n) is 2.55. The highest BCUT2D eigenvalue weighted by molar-refractivity contribution is 5.02. The molecule has 1 aliphatic carbocycles. The predicted molar refractivity (Wildman–Crippen MR) is 56.5 cm³/mol. The van der Waals surface area contributed by atoms with Crippen LogP contribution in [0.15, 0.2) is 0 Å². The van der Waals surface area contributed by atoms with Crippen molar-refractivity contribution in [2.24, 2.45) is 0 Å². The Bertz CT molecular complexity index is 240. The van der Waals surface area contributed by atoms with Crippen molar-refractivity contribution in [1.29, 1.82) is 0 Å². The number of hydrogen-bond donors (Lipinski definition) is 2. The summed E-state index contributed by atoms with van der Waals surface area (Å²) in [5.74, 6) is -0.562. The molecule has 2 aliphatic rings. The molecule has 88 valence electrons. The fourth-order valence-corrected chi connectivity index (χ4v) is 2.55. The van der Waals surface area contributed by atoms with Crippen LogP contribution in [0, 0.1) is 0 Å². The molecule has 0 aromatic rings. The summed E-state index contributed by atoms with van der Waals surface area (Å²) in [4.78, 5) is 0. The van der Waals surface area contributed by atoms with Crippen LogP contribution in [-0.4, -0.2) is 41.3 Å². The van der Waals surface area contributed by atoms with Crippen molar-refractivity contribution in [2.45, 2.75) is 70.3 Å². The predicted octanol–water partition coefficient (Wildman–Crippen LogP) is 0.638. The van der Waals surface area contributed by atoms with Crippen molar-refractivity contribution in [3.63, 3.8) is 0 Å². The second kappa shape index (κ2) is 3.70. The first-order valence-corrected chi connectivity index (χ1v) is 5.69. The lowest BCUT2D eigenvalue weighted by atomic mass is 10.2. The Morgan fingerprint density at radius 2 is 1.87 bits per heavy atom. The molecule has 1 saturated heterocycles. The second-order valence-electron chi connectivity index (χ2n) is 5.30. The van der Waals surface area contributed by atoms with E-state index in [0.717, 1.165) is 0 Å². The number of nitrogens with one attached hydrogen (secondary N) is 1. The molecular weight excluding hydrogens is 194 g/mol. The van der Waals surface area contributed by atoms with Gasteiger partial charge in [-0.25, -0.2) is 0 Å². The average molecular weight is 215 g/mol. The van der Waals surface area contributed by atoms with Crippen LogP contribution < -0.4 is 5.32 Å². The van der Waals surface area contributed by atoms with Gasteiger partial charge < -0.3 is 19.9 Å². The van der Waals surface area contributed by atoms with Crippen LogP contribution in [0.4, 0.5) is 0 Å². The Balaban J connectivity index is 2.05. The monoisotopic (exact) mass is 215 g/mol. The summed E-state index contributed by atoms with van der Waals surface area (Å²) >= 11 is 0. The van der Waals surface area contributed by atoms with Gasteiger partial charge in [-0.1, -0.05) is 13.8 Å². The second-order valence-corrected chi connectivity index (χ2v) is 5.30. The fraction of sp³-hybridized carbons (Fsp3) is 1.00. The van der Waals surface area contributed by atoms with E-state index in [0.29, 0.717) is 12.5 Å². The van der Waals surface area contributed by atoms with Crippen LogP contribution in [0.25, 0.3) is 0 Å². The first-order valence-electron chi connectivity index (χ1n) is 5.69. The Morgan fingerprint density at radius 3 is 2.47 bits per heavy atom. The third kappa shape index (κ3) is 2.18. The molecule has 4 heteroatoms. The molecule has 4 atom stereocenters. The molecule has 15 heavy (non-hydrogen) atoms. The third-order valence-electron chi connectivity index (χ3n) is 2.98. The number of hydrogen-bond acceptors (Lipinski definition) is 4. The molecular formula is C11H21NO3. The molecule has 2 fully saturated rings. The average Bonchev–Trinajstić information content (AvgIpc) is 2.49. The highest BCUT2D eigenvalue weighted by Gasteiger charge is 2.53. The maximum atomic E-state index is 9.87. The van der Waals surface area contributed by atoms with Crippen molar-refractivity contribution in [1.82, 2.24) is 5.32 Å². The van der Waals surface area contributed by atoms with Crippen LogP contribution in [0.5, 0.6) is 0 Å². The summed E-state index contributed by atoms with van der Waals surface area (Å²) in [5, 5.41) is 13.3. The van der Waals surface area contributed by atoms with Gasteiger partial charge in [-0.2, -0.15) is 0 Å². The minimum Gasteiger partial charge on any atom is -0.390 e. The maximum absolute atomic E-state index is 9.87. The van der Waals surface area contributed by atoms with Gasteiger partial charge in [0.15, 0.2) is 5.79 Å². The zero-order chi connectivity index (χ0) is 11.2. The largest absolute Gasteiger partial charge is 0.390 e. The molecule has 2 rings (SSSR count). The minimum atomic E-state index is -0.562. The normalized spacial score (nSPS) is 43.6. The van der Waals surface area contributed by atoms with Gasteiger partial charge in [0, 0.05) is 12.1 Å². The van der Waals surface area contributed by atoms with E-state index in [1.165, 1.54) is 0 Å². The van der Waals surface area contributed by atoms with E-state index in [1.54, 1.807) is 0 Å². The van der Waals surface area contributed by atoms with Crippen LogP contribution >= 0.6 is 0 Å². The molecule has 2 N–H and O–H groups in total. The lowest BCUT2D eigenvalue weighted by Crippen LogP contribution is -2.43. The maximum Gasteiger partial charge on any atom is 0.163 e. The standard InChI is InChI=1S/C11H21NO3/c1-6(2)12-7-5-8(13)10-9(7)14-11(3,4)15-10/h6-10,12-13H,5H2,1-4H3/t7-,8+,9+,10-/m1/s1. The lowest BCUT2D eigenvalue weighted by Gasteiger charge is -2.24. The Morgan fingerprint density at radius 1 is 1.27 bits per heavy atom. The van der Waals surface area contributed by atoms with E-state index in [9.17, 15) is 5.11 Å². The summed E-state index contributed by atoms with van der Waals surface area (Å²) < 4.78 is 11.5. The molecule has 0 aromatic heterocycles. The van der Waals surface area contributed by atoms with Gasteiger partial charge in [0.05, 0.1) is 6.10 Å². The molecule has 1 saturated carbocycles. The molecule has 0 spiro atoms. The van der Waals surface area contributed by atoms with Gasteiger partial charge in [-0.15, -0.1) is 0 Å². The van der Waals surface area contributed by atoms with Gasteiger partial charge in [-0.3, -0.25) is 0 Å². The number of aliphatic hydroxyl groups excluding tert-OH is 1. The van der Waals surface area contributed by atoms with E-state index in [1.807, 2.05) is 13.8 Å². The van der Waals surface area contributed by atoms with Gasteiger partial charge in [0.2, 0.25) is 0 Å². The lowest BCUT2D eigenvalue weighted by molar-refractivity contribution is -0.164. The molecule has 1 heterocycles. The molecule has 0 unspecified atom stereocenters. The first-order chi connectivity index (χ1) is 6.89. The van der Waals surface area contributed by atoms with Gasteiger partial charge >= 0.3 is 0 Å². The summed E-state index contributed by atoms with van der Waals surface area (Å²) in [6.45, 7) is 7.98. The van der Waals surface area contributed by atoms with E-state index in [-0.39, 0.29) is 18.2 Å². The van der Waals surface area contributed by atoms with Gasteiger partial charge in [-0.05, 0) is 20.3 Å². The molecule has 0 radical (unpaired) electrons. The van der Waals surface area contributed by atoms with E-state index >= 15 is 0 Å². The van der Waals surface area contributed by atoms with Crippen molar-refractivity contribution < 1.29 is 14.6 Å². The Kier molecular flexibility index (Phi) is 2.79. The summed E-state index contributed by atoms with van der Waals surface area (Å²) in [5.41, 5.74) is 0. The molecule has 4 nitrogen and oxygen atoms in total. The molecule has 1 aliphatic heterocycles. The zero-order valence-electron chi connectivity index (χ0n) is 9.86. The Hall–Kier alpha value is -0.160. The first kappa shape index (κ1) is 11.3. The quantitative estimate of drug-likeness (QED) is 0.709. The Labute approximate surface area is 90.9 Å². The highest BCUT2D eigenvalue weighted by atomic mass is 16.8. The minimum absolute atomic E-state index is 0.0163. The van der Waals surface area contributed by atoms with E-state index in [4.69, 9.17) is 9.47 Å². The molecule has 0 aromatic carbocycles. The highest BCUT2D eigenvalue weighted by Crippen LogP contribution is 2.38. The van der Waals surface area contributed by atoms with Crippen LogP contribution in [0.3, 0.4) is 0 Å². The van der Waals surface area contributed by atoms with Crippen LogP contribution in [-0.2, 0) is 9.47 Å². The smallest absolute Gasteiger partial charge is 0.163 e. The van der Waals surface area contributed by atoms with E-state index in [2.05, 4.69) is 19.2 Å². The third-order valence-corrected chi connectivity index (χ3v) is 2.98. The SMILES string of the molecule is CC(C)N[C@@H]1C[C@H](O)[C@H]2OC(C)(C)O[C@H]21. The number of aliphatic hydroxyl groups is 1. The van der Waals surface area contributed by atoms with Gasteiger partial charge in [0.25, 0.3) is 0 Å². The number of rotatable bonds is 2.